The van der Waals surface area contributed by atoms with Gasteiger partial charge in [0.15, 0.2) is 0 Å². The maximum absolute atomic E-state index is 11.2. The van der Waals surface area contributed by atoms with Gasteiger partial charge in [0, 0.05) is 17.0 Å². The highest BCUT2D eigenvalue weighted by molar-refractivity contribution is 9.10. The van der Waals surface area contributed by atoms with E-state index in [1.807, 2.05) is 22.9 Å². The van der Waals surface area contributed by atoms with E-state index in [9.17, 15) is 10.2 Å². The molecule has 8 nitrogen and oxygen atoms in total. The van der Waals surface area contributed by atoms with Gasteiger partial charge in [-0.05, 0) is 71.3 Å². The average molecular weight is 509 g/mol. The number of hydrogen-bond donors (Lipinski definition) is 4. The van der Waals surface area contributed by atoms with Crippen molar-refractivity contribution in [3.05, 3.63) is 52.9 Å². The number of aliphatic hydroxyl groups is 2. The molecule has 0 radical (unpaired) electrons. The third-order valence-corrected chi connectivity index (χ3v) is 8.43. The Bertz CT molecular complexity index is 1390. The quantitative estimate of drug-likeness (QED) is 0.325. The van der Waals surface area contributed by atoms with E-state index in [1.165, 1.54) is 11.9 Å². The number of nitrogens with zero attached hydrogens (tertiary/aromatic N) is 4. The summed E-state index contributed by atoms with van der Waals surface area (Å²) in [5, 5.41) is 24.1. The molecule has 1 aromatic carbocycles. The van der Waals surface area contributed by atoms with Crippen molar-refractivity contribution >= 4 is 49.5 Å². The number of benzene rings is 1. The number of hydrogen-bond acceptors (Lipinski definition) is 7. The maximum Gasteiger partial charge on any atom is 0.145 e. The number of pyridine rings is 1. The summed E-state index contributed by atoms with van der Waals surface area (Å²) in [7, 11) is 0. The molecule has 2 aliphatic rings. The summed E-state index contributed by atoms with van der Waals surface area (Å²) in [6.07, 6.45) is 4.97. The van der Waals surface area contributed by atoms with Gasteiger partial charge in [0.1, 0.15) is 29.7 Å². The molecule has 2 aliphatic carbocycles. The number of fused-ring (bicyclic) bond motifs is 2. The van der Waals surface area contributed by atoms with Crippen molar-refractivity contribution in [1.29, 1.82) is 0 Å². The van der Waals surface area contributed by atoms with Crippen molar-refractivity contribution in [2.75, 3.05) is 11.5 Å². The second-order valence-electron chi connectivity index (χ2n) is 9.54. The summed E-state index contributed by atoms with van der Waals surface area (Å²) in [6.45, 7) is 0. The number of aromatic nitrogens is 4. The van der Waals surface area contributed by atoms with Crippen LogP contribution in [0.4, 0.5) is 11.6 Å². The van der Waals surface area contributed by atoms with E-state index in [1.54, 1.807) is 0 Å². The third-order valence-electron chi connectivity index (χ3n) is 7.80. The second-order valence-corrected chi connectivity index (χ2v) is 10.4. The van der Waals surface area contributed by atoms with Crippen molar-refractivity contribution in [2.45, 2.75) is 49.9 Å². The Hall–Kier alpha value is -2.75. The monoisotopic (exact) mass is 508 g/mol. The molecule has 6 rings (SSSR count). The molecule has 0 unspecified atom stereocenters. The van der Waals surface area contributed by atoms with Crippen molar-refractivity contribution < 1.29 is 10.2 Å². The number of nitrogen functional groups attached to an aromatic ring is 2. The van der Waals surface area contributed by atoms with Crippen molar-refractivity contribution in [2.24, 2.45) is 5.41 Å². The number of rotatable bonds is 2. The van der Waals surface area contributed by atoms with E-state index >= 15 is 0 Å². The Morgan fingerprint density at radius 2 is 1.91 bits per heavy atom. The minimum atomic E-state index is -0.869. The minimum absolute atomic E-state index is 0.263. The van der Waals surface area contributed by atoms with E-state index in [2.05, 4.69) is 49.1 Å². The van der Waals surface area contributed by atoms with Crippen LogP contribution < -0.4 is 11.5 Å². The first-order valence-corrected chi connectivity index (χ1v) is 11.9. The molecular formula is C24H25BrN6O2. The van der Waals surface area contributed by atoms with Crippen LogP contribution >= 0.6 is 15.9 Å². The maximum atomic E-state index is 11.2. The number of anilines is 2. The van der Waals surface area contributed by atoms with Crippen LogP contribution in [0.25, 0.3) is 21.9 Å². The van der Waals surface area contributed by atoms with Gasteiger partial charge < -0.3 is 26.2 Å². The smallest absolute Gasteiger partial charge is 0.145 e. The zero-order valence-electron chi connectivity index (χ0n) is 17.9. The normalized spacial score (nSPS) is 29.5. The van der Waals surface area contributed by atoms with Gasteiger partial charge in [0.05, 0.1) is 27.5 Å². The molecule has 2 fully saturated rings. The lowest BCUT2D eigenvalue weighted by atomic mass is 9.80. The van der Waals surface area contributed by atoms with E-state index in [-0.39, 0.29) is 11.5 Å². The molecule has 6 N–H and O–H groups in total. The zero-order valence-corrected chi connectivity index (χ0v) is 19.5. The van der Waals surface area contributed by atoms with Gasteiger partial charge in [-0.2, -0.15) is 0 Å². The van der Waals surface area contributed by atoms with Gasteiger partial charge in [0.2, 0.25) is 0 Å². The molecule has 4 aromatic rings. The Labute approximate surface area is 198 Å². The van der Waals surface area contributed by atoms with E-state index < -0.39 is 12.2 Å². The highest BCUT2D eigenvalue weighted by atomic mass is 79.9. The van der Waals surface area contributed by atoms with Gasteiger partial charge in [-0.1, -0.05) is 12.1 Å². The Balaban J connectivity index is 1.30. The third kappa shape index (κ3) is 3.13. The predicted octanol–water partition coefficient (Wildman–Crippen LogP) is 3.53. The Morgan fingerprint density at radius 1 is 1.06 bits per heavy atom. The van der Waals surface area contributed by atoms with Crippen LogP contribution in [-0.2, 0) is 0 Å². The van der Waals surface area contributed by atoms with E-state index in [4.69, 9.17) is 11.5 Å². The first-order valence-electron chi connectivity index (χ1n) is 11.2. The van der Waals surface area contributed by atoms with E-state index in [0.29, 0.717) is 29.6 Å². The van der Waals surface area contributed by atoms with Crippen LogP contribution in [0.2, 0.25) is 0 Å². The van der Waals surface area contributed by atoms with Gasteiger partial charge >= 0.3 is 0 Å². The molecule has 1 spiro atoms. The lowest BCUT2D eigenvalue weighted by molar-refractivity contribution is -0.0260. The zero-order chi connectivity index (χ0) is 22.9. The topological polar surface area (TPSA) is 136 Å². The fourth-order valence-electron chi connectivity index (χ4n) is 6.07. The SMILES string of the molecule is Nc1nc2cc([C@@H]3CC[C@]4(C3)C[C@@H](n3ccc5c(N)ncnc53)[C@H](O)[C@@H]4O)ccc2cc1Br. The van der Waals surface area contributed by atoms with Crippen LogP contribution in [0.5, 0.6) is 0 Å². The molecule has 0 saturated heterocycles. The summed E-state index contributed by atoms with van der Waals surface area (Å²) in [4.78, 5) is 13.0. The molecule has 0 aliphatic heterocycles. The van der Waals surface area contributed by atoms with Crippen LogP contribution in [0.15, 0.2) is 47.3 Å². The van der Waals surface area contributed by atoms with Crippen LogP contribution in [-0.4, -0.2) is 41.9 Å². The largest absolute Gasteiger partial charge is 0.390 e. The summed E-state index contributed by atoms with van der Waals surface area (Å²) < 4.78 is 2.74. The molecule has 5 atom stereocenters. The number of nitrogens with two attached hydrogens (primary N) is 2. The molecule has 170 valence electrons. The van der Waals surface area contributed by atoms with Crippen LogP contribution in [0, 0.1) is 5.41 Å². The fraction of sp³-hybridized carbons (Fsp3) is 0.375. The number of aliphatic hydroxyl groups excluding tert-OH is 2. The van der Waals surface area contributed by atoms with Crippen LogP contribution in [0.3, 0.4) is 0 Å². The fourth-order valence-corrected chi connectivity index (χ4v) is 6.41. The van der Waals surface area contributed by atoms with Gasteiger partial charge in [-0.15, -0.1) is 0 Å². The molecule has 0 amide bonds. The molecule has 3 aromatic heterocycles. The van der Waals surface area contributed by atoms with Gasteiger partial charge in [0.25, 0.3) is 0 Å². The van der Waals surface area contributed by atoms with Crippen molar-refractivity contribution in [3.8, 4) is 0 Å². The van der Waals surface area contributed by atoms with Gasteiger partial charge in [-0.3, -0.25) is 0 Å². The molecule has 2 saturated carbocycles. The highest BCUT2D eigenvalue weighted by Gasteiger charge is 2.56. The summed E-state index contributed by atoms with van der Waals surface area (Å²) in [5.74, 6) is 1.18. The lowest BCUT2D eigenvalue weighted by Gasteiger charge is -2.28. The first kappa shape index (κ1) is 20.8. The predicted molar refractivity (Wildman–Crippen MR) is 130 cm³/mol. The second kappa shape index (κ2) is 7.38. The molecule has 9 heteroatoms. The lowest BCUT2D eigenvalue weighted by Crippen LogP contribution is -2.35. The standard InChI is InChI=1S/C24H25BrN6O2/c25-16-7-13-2-1-12(8-17(13)30-22(16)27)14-3-5-24(9-14)10-18(19(32)20(24)33)31-6-4-15-21(26)28-11-29-23(15)31/h1-2,4,6-8,11,14,18-20,32-33H,3,5,9-10H2,(H2,27,30)(H2,26,28,29)/t14-,18-,19+,20+,24+/m1/s1. The first-order chi connectivity index (χ1) is 15.9. The molecule has 3 heterocycles. The van der Waals surface area contributed by atoms with E-state index in [0.717, 1.165) is 40.0 Å². The van der Waals surface area contributed by atoms with Crippen molar-refractivity contribution in [3.63, 3.8) is 0 Å². The summed E-state index contributed by atoms with van der Waals surface area (Å²) >= 11 is 3.44. The highest BCUT2D eigenvalue weighted by Crippen LogP contribution is 2.58. The molecular weight excluding hydrogens is 484 g/mol. The average Bonchev–Trinajstić information content (AvgIpc) is 3.48. The Kier molecular flexibility index (Phi) is 4.66. The number of halogens is 1. The molecule has 33 heavy (non-hydrogen) atoms. The van der Waals surface area contributed by atoms with Crippen molar-refractivity contribution in [1.82, 2.24) is 19.5 Å². The Morgan fingerprint density at radius 3 is 2.76 bits per heavy atom. The summed E-state index contributed by atoms with van der Waals surface area (Å²) in [5.41, 5.74) is 14.4. The minimum Gasteiger partial charge on any atom is -0.390 e. The summed E-state index contributed by atoms with van der Waals surface area (Å²) in [6, 6.07) is 9.92. The van der Waals surface area contributed by atoms with Crippen LogP contribution in [0.1, 0.15) is 43.2 Å². The molecule has 0 bridgehead atoms. The van der Waals surface area contributed by atoms with Gasteiger partial charge in [-0.25, -0.2) is 15.0 Å².